The van der Waals surface area contributed by atoms with Gasteiger partial charge in [0, 0.05) is 7.12 Å². The van der Waals surface area contributed by atoms with E-state index in [0.717, 1.165) is 18.5 Å². The van der Waals surface area contributed by atoms with Gasteiger partial charge in [-0.1, -0.05) is 26.0 Å². The third-order valence-electron chi connectivity index (χ3n) is 1.02. The molecule has 0 bridgehead atoms. The molecule has 1 aliphatic carbocycles. The molecule has 1 aliphatic rings. The van der Waals surface area contributed by atoms with Crippen LogP contribution in [0.5, 0.6) is 0 Å². The van der Waals surface area contributed by atoms with Crippen LogP contribution in [-0.2, 0) is 0 Å². The van der Waals surface area contributed by atoms with Crippen molar-refractivity contribution in [2.24, 2.45) is 5.73 Å². The third kappa shape index (κ3) is 3.83. The Hall–Kier alpha value is -0.720. The number of allylic oxidation sites excluding steroid dienone is 3. The maximum absolute atomic E-state index is 5.41. The Labute approximate surface area is 58.7 Å². The van der Waals surface area contributed by atoms with Crippen molar-refractivity contribution < 1.29 is 1.43 Å². The zero-order chi connectivity index (χ0) is 7.11. The van der Waals surface area contributed by atoms with E-state index in [4.69, 9.17) is 5.73 Å². The monoisotopic (exact) mass is 127 g/mol. The van der Waals surface area contributed by atoms with Crippen LogP contribution in [0.4, 0.5) is 0 Å². The lowest BCUT2D eigenvalue weighted by molar-refractivity contribution is 1.01. The van der Waals surface area contributed by atoms with Crippen LogP contribution in [0.3, 0.4) is 0 Å². The normalized spacial score (nSPS) is 15.6. The molecule has 1 nitrogen and oxygen atoms in total. The molecule has 0 spiro atoms. The minimum Gasteiger partial charge on any atom is -0.399 e. The lowest BCUT2D eigenvalue weighted by Gasteiger charge is -1.97. The summed E-state index contributed by atoms with van der Waals surface area (Å²) in [6.45, 7) is 4.00. The van der Waals surface area contributed by atoms with Gasteiger partial charge in [-0.05, 0) is 18.9 Å². The quantitative estimate of drug-likeness (QED) is 0.531. The van der Waals surface area contributed by atoms with Gasteiger partial charge in [-0.15, -0.1) is 0 Å². The highest BCUT2D eigenvalue weighted by molar-refractivity contribution is 5.17. The molecule has 0 saturated carbocycles. The first kappa shape index (κ1) is 8.28. The van der Waals surface area contributed by atoms with Gasteiger partial charge in [0.25, 0.3) is 0 Å². The van der Waals surface area contributed by atoms with Gasteiger partial charge in [0.15, 0.2) is 0 Å². The Bertz CT molecular complexity index is 116. The Balaban J connectivity index is 0. The van der Waals surface area contributed by atoms with Crippen LogP contribution < -0.4 is 5.73 Å². The van der Waals surface area contributed by atoms with Crippen LogP contribution >= 0.6 is 0 Å². The van der Waals surface area contributed by atoms with E-state index in [9.17, 15) is 0 Å². The first-order valence-electron chi connectivity index (χ1n) is 3.52. The summed E-state index contributed by atoms with van der Waals surface area (Å²) in [7, 11) is 0. The molecular formula is C8H17N. The van der Waals surface area contributed by atoms with Crippen molar-refractivity contribution >= 4 is 0 Å². The zero-order valence-electron chi connectivity index (χ0n) is 6.22. The fraction of sp³-hybridized carbons (Fsp3) is 0.500. The molecule has 0 unspecified atom stereocenters. The number of rotatable bonds is 0. The Kier molecular flexibility index (Phi) is 4.98. The van der Waals surface area contributed by atoms with Crippen LogP contribution in [0.25, 0.3) is 0 Å². The second-order valence-electron chi connectivity index (χ2n) is 1.68. The summed E-state index contributed by atoms with van der Waals surface area (Å²) in [5.41, 5.74) is 6.32. The van der Waals surface area contributed by atoms with E-state index >= 15 is 0 Å². The third-order valence-corrected chi connectivity index (χ3v) is 1.02. The van der Waals surface area contributed by atoms with E-state index in [-0.39, 0.29) is 1.43 Å². The van der Waals surface area contributed by atoms with E-state index in [1.54, 1.807) is 0 Å². The van der Waals surface area contributed by atoms with Gasteiger partial charge in [-0.25, -0.2) is 0 Å². The molecule has 0 saturated heterocycles. The van der Waals surface area contributed by atoms with Crippen molar-refractivity contribution in [2.45, 2.75) is 26.7 Å². The molecule has 54 valence electrons. The molecule has 1 rings (SSSR count). The summed E-state index contributed by atoms with van der Waals surface area (Å²) in [4.78, 5) is 0. The van der Waals surface area contributed by atoms with Gasteiger partial charge < -0.3 is 5.73 Å². The van der Waals surface area contributed by atoms with Crippen molar-refractivity contribution in [1.82, 2.24) is 0 Å². The highest BCUT2D eigenvalue weighted by Crippen LogP contribution is 2.02. The topological polar surface area (TPSA) is 26.0 Å². The minimum absolute atomic E-state index is 0. The molecule has 2 N–H and O–H groups in total. The second kappa shape index (κ2) is 5.42. The maximum Gasteiger partial charge on any atom is 0.0270 e. The summed E-state index contributed by atoms with van der Waals surface area (Å²) in [6, 6.07) is 0. The molecule has 0 atom stereocenters. The van der Waals surface area contributed by atoms with Crippen LogP contribution in [0, 0.1) is 0 Å². The average molecular weight is 127 g/mol. The summed E-state index contributed by atoms with van der Waals surface area (Å²) in [5.74, 6) is 0. The van der Waals surface area contributed by atoms with Gasteiger partial charge in [-0.3, -0.25) is 0 Å². The van der Waals surface area contributed by atoms with Gasteiger partial charge >= 0.3 is 0 Å². The van der Waals surface area contributed by atoms with Crippen LogP contribution in [-0.4, -0.2) is 0 Å². The lowest BCUT2D eigenvalue weighted by Crippen LogP contribution is -1.94. The highest BCUT2D eigenvalue weighted by atomic mass is 14.6. The summed E-state index contributed by atoms with van der Waals surface area (Å²) < 4.78 is 0. The molecule has 0 fully saturated rings. The minimum atomic E-state index is 0. The molecule has 9 heavy (non-hydrogen) atoms. The molecule has 1 heteroatoms. The Morgan fingerprint density at radius 1 is 1.44 bits per heavy atom. The average Bonchev–Trinajstić information content (AvgIpc) is 1.94. The summed E-state index contributed by atoms with van der Waals surface area (Å²) in [5, 5.41) is 0. The van der Waals surface area contributed by atoms with Gasteiger partial charge in [0.1, 0.15) is 0 Å². The predicted octanol–water partition coefficient (Wildman–Crippen LogP) is 2.45. The Morgan fingerprint density at radius 2 is 2.11 bits per heavy atom. The van der Waals surface area contributed by atoms with E-state index < -0.39 is 0 Å². The SMILES string of the molecule is CC.NC1=CCCC=C1.[HH]. The Morgan fingerprint density at radius 3 is 2.33 bits per heavy atom. The smallest absolute Gasteiger partial charge is 0.0270 e. The first-order chi connectivity index (χ1) is 4.39. The van der Waals surface area contributed by atoms with Crippen molar-refractivity contribution in [3.05, 3.63) is 23.9 Å². The summed E-state index contributed by atoms with van der Waals surface area (Å²) >= 11 is 0. The first-order valence-corrected chi connectivity index (χ1v) is 3.52. The molecule has 0 aromatic rings. The molecule has 0 aromatic heterocycles. The van der Waals surface area contributed by atoms with Gasteiger partial charge in [0.2, 0.25) is 0 Å². The van der Waals surface area contributed by atoms with Crippen molar-refractivity contribution in [2.75, 3.05) is 0 Å². The van der Waals surface area contributed by atoms with E-state index in [1.807, 2.05) is 26.0 Å². The molecule has 0 amide bonds. The standard InChI is InChI=1S/C6H9N.C2H6.H2/c7-6-4-2-1-3-5-6;1-2;/h2,4-5H,1,3,7H2;1-2H3;1H. The predicted molar refractivity (Wildman–Crippen MR) is 44.1 cm³/mol. The number of nitrogens with two attached hydrogens (primary N) is 1. The second-order valence-corrected chi connectivity index (χ2v) is 1.68. The lowest BCUT2D eigenvalue weighted by atomic mass is 10.2. The highest BCUT2D eigenvalue weighted by Gasteiger charge is 1.86. The van der Waals surface area contributed by atoms with Crippen molar-refractivity contribution in [1.29, 1.82) is 0 Å². The number of hydrogen-bond acceptors (Lipinski definition) is 1. The molecule has 0 aliphatic heterocycles. The van der Waals surface area contributed by atoms with E-state index in [1.165, 1.54) is 0 Å². The van der Waals surface area contributed by atoms with E-state index in [2.05, 4.69) is 6.08 Å². The van der Waals surface area contributed by atoms with Crippen molar-refractivity contribution in [3.8, 4) is 0 Å². The maximum atomic E-state index is 5.41. The zero-order valence-corrected chi connectivity index (χ0v) is 6.22. The van der Waals surface area contributed by atoms with Crippen LogP contribution in [0.15, 0.2) is 23.9 Å². The number of hydrogen-bond donors (Lipinski definition) is 1. The fourth-order valence-electron chi connectivity index (χ4n) is 0.634. The van der Waals surface area contributed by atoms with Crippen molar-refractivity contribution in [3.63, 3.8) is 0 Å². The van der Waals surface area contributed by atoms with Crippen LogP contribution in [0.2, 0.25) is 0 Å². The van der Waals surface area contributed by atoms with Gasteiger partial charge in [0.05, 0.1) is 0 Å². The fourth-order valence-corrected chi connectivity index (χ4v) is 0.634. The van der Waals surface area contributed by atoms with Crippen LogP contribution in [0.1, 0.15) is 28.1 Å². The molecular weight excluding hydrogens is 110 g/mol. The molecule has 0 aromatic carbocycles. The summed E-state index contributed by atoms with van der Waals surface area (Å²) in [6.07, 6.45) is 8.35. The molecule has 0 heterocycles. The largest absolute Gasteiger partial charge is 0.399 e. The van der Waals surface area contributed by atoms with Gasteiger partial charge in [-0.2, -0.15) is 0 Å². The molecule has 0 radical (unpaired) electrons. The van der Waals surface area contributed by atoms with E-state index in [0.29, 0.717) is 0 Å².